The van der Waals surface area contributed by atoms with Crippen LogP contribution < -0.4 is 14.8 Å². The highest BCUT2D eigenvalue weighted by atomic mass is 16.5. The number of benzene rings is 1. The topological polar surface area (TPSA) is 77.1 Å². The van der Waals surface area contributed by atoms with Gasteiger partial charge >= 0.3 is 0 Å². The van der Waals surface area contributed by atoms with Crippen molar-refractivity contribution in [1.29, 1.82) is 0 Å². The van der Waals surface area contributed by atoms with Gasteiger partial charge < -0.3 is 19.5 Å². The summed E-state index contributed by atoms with van der Waals surface area (Å²) < 4.78 is 17.2. The van der Waals surface area contributed by atoms with Crippen LogP contribution in [0.4, 0.5) is 0 Å². The summed E-state index contributed by atoms with van der Waals surface area (Å²) >= 11 is 0. The molecule has 2 fully saturated rings. The smallest absolute Gasteiger partial charge is 0.264 e. The molecule has 166 valence electrons. The van der Waals surface area contributed by atoms with E-state index >= 15 is 0 Å². The maximum absolute atomic E-state index is 13.9. The summed E-state index contributed by atoms with van der Waals surface area (Å²) in [5.41, 5.74) is -0.445. The van der Waals surface area contributed by atoms with Crippen LogP contribution >= 0.6 is 0 Å². The van der Waals surface area contributed by atoms with Gasteiger partial charge in [-0.25, -0.2) is 0 Å². The third kappa shape index (κ3) is 4.13. The van der Waals surface area contributed by atoms with Gasteiger partial charge in [0.25, 0.3) is 5.91 Å². The van der Waals surface area contributed by atoms with Crippen LogP contribution in [-0.4, -0.2) is 55.3 Å². The molecule has 1 saturated carbocycles. The largest absolute Gasteiger partial charge is 0.496 e. The maximum Gasteiger partial charge on any atom is 0.264 e. The Hall–Kier alpha value is -2.28. The van der Waals surface area contributed by atoms with Crippen LogP contribution in [0.1, 0.15) is 63.2 Å². The average Bonchev–Trinajstić information content (AvgIpc) is 3.13. The van der Waals surface area contributed by atoms with Gasteiger partial charge in [0.15, 0.2) is 0 Å². The monoisotopic (exact) mass is 418 g/mol. The van der Waals surface area contributed by atoms with Crippen molar-refractivity contribution in [1.82, 2.24) is 10.2 Å². The van der Waals surface area contributed by atoms with Gasteiger partial charge in [0, 0.05) is 6.04 Å². The number of hydrogen-bond donors (Lipinski definition) is 1. The molecule has 1 heterocycles. The van der Waals surface area contributed by atoms with Gasteiger partial charge in [-0.1, -0.05) is 19.9 Å². The molecular formula is C23H34N2O5. The lowest BCUT2D eigenvalue weighted by Gasteiger charge is -2.43. The van der Waals surface area contributed by atoms with E-state index in [0.29, 0.717) is 35.8 Å². The molecule has 2 aliphatic rings. The Balaban J connectivity index is 2.02. The van der Waals surface area contributed by atoms with Crippen molar-refractivity contribution in [2.24, 2.45) is 5.92 Å². The van der Waals surface area contributed by atoms with Crippen molar-refractivity contribution in [2.75, 3.05) is 20.8 Å². The Bertz CT molecular complexity index is 751. The Morgan fingerprint density at radius 2 is 1.83 bits per heavy atom. The number of amides is 2. The van der Waals surface area contributed by atoms with Crippen LogP contribution in [0.15, 0.2) is 18.2 Å². The van der Waals surface area contributed by atoms with Crippen molar-refractivity contribution in [3.05, 3.63) is 23.8 Å². The molecule has 1 N–H and O–H groups in total. The molecule has 1 aliphatic heterocycles. The molecule has 1 saturated heterocycles. The van der Waals surface area contributed by atoms with E-state index in [1.165, 1.54) is 14.2 Å². The number of carbonyl (C=O) groups excluding carboxylic acids is 2. The summed E-state index contributed by atoms with van der Waals surface area (Å²) in [6.45, 7) is 6.38. The zero-order valence-corrected chi connectivity index (χ0v) is 18.7. The van der Waals surface area contributed by atoms with Gasteiger partial charge in [0.1, 0.15) is 28.8 Å². The molecule has 3 rings (SSSR count). The summed E-state index contributed by atoms with van der Waals surface area (Å²) in [6, 6.07) is 4.58. The minimum atomic E-state index is -0.771. The van der Waals surface area contributed by atoms with Gasteiger partial charge in [0.05, 0.1) is 20.8 Å². The SMILES string of the molecule is CCC(C)NC(=O)C1COC2(CCC(C)CC2)N1C(=O)c1c(OC)cccc1OC. The third-order valence-electron chi connectivity index (χ3n) is 6.48. The molecule has 0 radical (unpaired) electrons. The predicted molar refractivity (Wildman–Crippen MR) is 114 cm³/mol. The number of rotatable bonds is 6. The Labute approximate surface area is 179 Å². The van der Waals surface area contributed by atoms with Crippen molar-refractivity contribution in [3.63, 3.8) is 0 Å². The zero-order chi connectivity index (χ0) is 21.9. The predicted octanol–water partition coefficient (Wildman–Crippen LogP) is 3.37. The summed E-state index contributed by atoms with van der Waals surface area (Å²) in [4.78, 5) is 28.7. The highest BCUT2D eigenvalue weighted by Gasteiger charge is 2.54. The normalized spacial score (nSPS) is 27.0. The number of ether oxygens (including phenoxy) is 3. The third-order valence-corrected chi connectivity index (χ3v) is 6.48. The first-order valence-electron chi connectivity index (χ1n) is 10.9. The molecule has 1 spiro atoms. The van der Waals surface area contributed by atoms with Gasteiger partial charge in [-0.2, -0.15) is 0 Å². The minimum Gasteiger partial charge on any atom is -0.496 e. The Kier molecular flexibility index (Phi) is 6.91. The quantitative estimate of drug-likeness (QED) is 0.767. The molecule has 2 unspecified atom stereocenters. The number of hydrogen-bond acceptors (Lipinski definition) is 5. The number of carbonyl (C=O) groups is 2. The number of methoxy groups -OCH3 is 2. The van der Waals surface area contributed by atoms with Crippen LogP contribution in [0.25, 0.3) is 0 Å². The van der Waals surface area contributed by atoms with Gasteiger partial charge in [-0.15, -0.1) is 0 Å². The van der Waals surface area contributed by atoms with Crippen LogP contribution in [0.5, 0.6) is 11.5 Å². The summed E-state index contributed by atoms with van der Waals surface area (Å²) in [7, 11) is 3.05. The Morgan fingerprint density at radius 1 is 1.23 bits per heavy atom. The van der Waals surface area contributed by atoms with E-state index in [0.717, 1.165) is 19.3 Å². The van der Waals surface area contributed by atoms with E-state index in [9.17, 15) is 9.59 Å². The van der Waals surface area contributed by atoms with Crippen molar-refractivity contribution < 1.29 is 23.8 Å². The molecule has 1 aromatic rings. The fourth-order valence-corrected chi connectivity index (χ4v) is 4.40. The van der Waals surface area contributed by atoms with Gasteiger partial charge in [-0.05, 0) is 57.1 Å². The highest BCUT2D eigenvalue weighted by Crippen LogP contribution is 2.44. The first kappa shape index (κ1) is 22.4. The molecule has 0 aromatic heterocycles. The summed E-state index contributed by atoms with van der Waals surface area (Å²) in [5, 5.41) is 3.02. The molecule has 1 aliphatic carbocycles. The molecule has 1 aromatic carbocycles. The average molecular weight is 419 g/mol. The van der Waals surface area contributed by atoms with Gasteiger partial charge in [-0.3, -0.25) is 14.5 Å². The lowest BCUT2D eigenvalue weighted by atomic mass is 9.83. The molecule has 30 heavy (non-hydrogen) atoms. The van der Waals surface area contributed by atoms with Crippen molar-refractivity contribution in [2.45, 2.75) is 70.7 Å². The van der Waals surface area contributed by atoms with E-state index in [-0.39, 0.29) is 24.5 Å². The maximum atomic E-state index is 13.9. The summed E-state index contributed by atoms with van der Waals surface area (Å²) in [5.74, 6) is 0.950. The van der Waals surface area contributed by atoms with E-state index in [2.05, 4.69) is 12.2 Å². The molecule has 0 bridgehead atoms. The van der Waals surface area contributed by atoms with Crippen LogP contribution in [0.3, 0.4) is 0 Å². The van der Waals surface area contributed by atoms with Crippen LogP contribution in [-0.2, 0) is 9.53 Å². The second kappa shape index (κ2) is 9.25. The second-order valence-electron chi connectivity index (χ2n) is 8.49. The second-order valence-corrected chi connectivity index (χ2v) is 8.49. The highest BCUT2D eigenvalue weighted by molar-refractivity contribution is 6.02. The fourth-order valence-electron chi connectivity index (χ4n) is 4.40. The lowest BCUT2D eigenvalue weighted by Crippen LogP contribution is -2.57. The van der Waals surface area contributed by atoms with E-state index in [1.807, 2.05) is 13.8 Å². The number of nitrogens with one attached hydrogen (secondary N) is 1. The van der Waals surface area contributed by atoms with E-state index in [4.69, 9.17) is 14.2 Å². The van der Waals surface area contributed by atoms with E-state index < -0.39 is 11.8 Å². The molecule has 7 heteroatoms. The zero-order valence-electron chi connectivity index (χ0n) is 18.7. The number of nitrogens with zero attached hydrogens (tertiary/aromatic N) is 1. The van der Waals surface area contributed by atoms with Crippen molar-refractivity contribution in [3.8, 4) is 11.5 Å². The lowest BCUT2D eigenvalue weighted by molar-refractivity contribution is -0.128. The fraction of sp³-hybridized carbons (Fsp3) is 0.652. The standard InChI is InChI=1S/C23H34N2O5/c1-6-16(3)24-21(26)17-14-30-23(12-10-15(2)11-13-23)25(17)22(27)20-18(28-4)8-7-9-19(20)29-5/h7-9,15-17H,6,10-14H2,1-5H3,(H,24,26). The molecule has 2 atom stereocenters. The molecule has 2 amide bonds. The first-order chi connectivity index (χ1) is 14.4. The van der Waals surface area contributed by atoms with E-state index in [1.54, 1.807) is 23.1 Å². The van der Waals surface area contributed by atoms with Crippen molar-refractivity contribution >= 4 is 11.8 Å². The van der Waals surface area contributed by atoms with Crippen LogP contribution in [0.2, 0.25) is 0 Å². The molecular weight excluding hydrogens is 384 g/mol. The van der Waals surface area contributed by atoms with Crippen LogP contribution in [0, 0.1) is 5.92 Å². The molecule has 7 nitrogen and oxygen atoms in total. The minimum absolute atomic E-state index is 0.0261. The van der Waals surface area contributed by atoms with Gasteiger partial charge in [0.2, 0.25) is 5.91 Å². The first-order valence-corrected chi connectivity index (χ1v) is 10.9. The Morgan fingerprint density at radius 3 is 2.37 bits per heavy atom. The summed E-state index contributed by atoms with van der Waals surface area (Å²) in [6.07, 6.45) is 4.14.